The summed E-state index contributed by atoms with van der Waals surface area (Å²) in [7, 11) is -3.86. The predicted octanol–water partition coefficient (Wildman–Crippen LogP) is 2.70. The molecule has 11 heteroatoms. The second-order valence-corrected chi connectivity index (χ2v) is 7.83. The zero-order valence-electron chi connectivity index (χ0n) is 14.4. The van der Waals surface area contributed by atoms with Gasteiger partial charge in [0.15, 0.2) is 0 Å². The molecule has 0 bridgehead atoms. The Bertz CT molecular complexity index is 1160. The van der Waals surface area contributed by atoms with Crippen molar-refractivity contribution in [3.63, 3.8) is 0 Å². The van der Waals surface area contributed by atoms with Crippen LogP contribution < -0.4 is 10.1 Å². The zero-order chi connectivity index (χ0) is 20.6. The highest BCUT2D eigenvalue weighted by molar-refractivity contribution is 7.89. The van der Waals surface area contributed by atoms with Gasteiger partial charge in [-0.1, -0.05) is 11.6 Å². The number of benzene rings is 2. The maximum Gasteiger partial charge on any atom is 0.280 e. The number of nitro benzene ring substituents is 1. The van der Waals surface area contributed by atoms with Crippen molar-refractivity contribution in [2.45, 2.75) is 11.8 Å². The summed E-state index contributed by atoms with van der Waals surface area (Å²) in [6.07, 6.45) is 1.43. The number of hydrogen-bond donors (Lipinski definition) is 1. The minimum absolute atomic E-state index is 0.0947. The number of non-ortho nitro benzene ring substituents is 1. The fourth-order valence-corrected chi connectivity index (χ4v) is 3.23. The number of nitrogens with zero attached hydrogens (tertiary/aromatic N) is 3. The van der Waals surface area contributed by atoms with E-state index in [2.05, 4.69) is 5.10 Å². The highest BCUT2D eigenvalue weighted by atomic mass is 35.5. The molecular formula is C17H13ClN4O5S. The molecule has 0 spiro atoms. The molecule has 1 amide bonds. The van der Waals surface area contributed by atoms with Gasteiger partial charge in [0, 0.05) is 22.7 Å². The highest BCUT2D eigenvalue weighted by Gasteiger charge is 2.29. The lowest BCUT2D eigenvalue weighted by atomic mass is 10.1. The van der Waals surface area contributed by atoms with Crippen molar-refractivity contribution < 1.29 is 18.1 Å². The molecule has 0 fully saturated rings. The van der Waals surface area contributed by atoms with Gasteiger partial charge in [-0.05, 0) is 43.3 Å². The molecule has 0 aromatic heterocycles. The first-order chi connectivity index (χ1) is 13.1. The summed E-state index contributed by atoms with van der Waals surface area (Å²) in [5, 5.41) is 21.5. The van der Waals surface area contributed by atoms with Gasteiger partial charge in [-0.25, -0.2) is 13.6 Å². The van der Waals surface area contributed by atoms with Crippen molar-refractivity contribution in [2.24, 2.45) is 10.2 Å². The molecule has 9 nitrogen and oxygen atoms in total. The number of carbonyl (C=O) groups excluding carboxylic acids is 1. The van der Waals surface area contributed by atoms with E-state index in [0.717, 1.165) is 5.01 Å². The Morgan fingerprint density at radius 2 is 1.86 bits per heavy atom. The van der Waals surface area contributed by atoms with E-state index in [4.69, 9.17) is 16.7 Å². The first kappa shape index (κ1) is 19.7. The Labute approximate surface area is 164 Å². The van der Waals surface area contributed by atoms with Gasteiger partial charge in [0.25, 0.3) is 11.6 Å². The predicted molar refractivity (Wildman–Crippen MR) is 104 cm³/mol. The van der Waals surface area contributed by atoms with Crippen LogP contribution in [0.2, 0.25) is 5.02 Å². The van der Waals surface area contributed by atoms with Gasteiger partial charge in [-0.2, -0.15) is 10.1 Å². The van der Waals surface area contributed by atoms with Gasteiger partial charge in [-0.3, -0.25) is 14.9 Å². The molecule has 28 heavy (non-hydrogen) atoms. The molecule has 3 rings (SSSR count). The lowest BCUT2D eigenvalue weighted by Crippen LogP contribution is -2.21. The molecule has 0 saturated carbocycles. The number of nitrogens with two attached hydrogens (primary N) is 1. The maximum atomic E-state index is 12.8. The highest BCUT2D eigenvalue weighted by Crippen LogP contribution is 2.29. The summed E-state index contributed by atoms with van der Waals surface area (Å²) in [6, 6.07) is 9.24. The fraction of sp³-hybridized carbons (Fsp3) is 0.0588. The molecule has 1 aliphatic rings. The van der Waals surface area contributed by atoms with Crippen LogP contribution in [0.4, 0.5) is 11.4 Å². The Morgan fingerprint density at radius 3 is 2.43 bits per heavy atom. The third-order valence-electron chi connectivity index (χ3n) is 3.96. The molecule has 0 atom stereocenters. The monoisotopic (exact) mass is 420 g/mol. The minimum atomic E-state index is -3.86. The number of primary sulfonamides is 1. The van der Waals surface area contributed by atoms with Crippen LogP contribution >= 0.6 is 11.6 Å². The summed E-state index contributed by atoms with van der Waals surface area (Å²) in [4.78, 5) is 23.1. The Hall–Kier alpha value is -3.08. The molecule has 0 saturated heterocycles. The van der Waals surface area contributed by atoms with Crippen molar-refractivity contribution in [1.82, 2.24) is 0 Å². The number of sulfonamides is 1. The summed E-state index contributed by atoms with van der Waals surface area (Å²) in [6.45, 7) is 1.60. The first-order valence-corrected chi connectivity index (χ1v) is 9.69. The molecule has 0 radical (unpaired) electrons. The van der Waals surface area contributed by atoms with E-state index in [1.807, 2.05) is 0 Å². The number of amides is 1. The lowest BCUT2D eigenvalue weighted by molar-refractivity contribution is -0.384. The lowest BCUT2D eigenvalue weighted by Gasteiger charge is -2.12. The number of nitro groups is 1. The van der Waals surface area contributed by atoms with Crippen LogP contribution in [0.25, 0.3) is 6.08 Å². The van der Waals surface area contributed by atoms with Crippen LogP contribution in [0.5, 0.6) is 0 Å². The average molecular weight is 421 g/mol. The minimum Gasteiger partial charge on any atom is -0.267 e. The van der Waals surface area contributed by atoms with E-state index < -0.39 is 20.9 Å². The second kappa shape index (κ2) is 7.15. The van der Waals surface area contributed by atoms with E-state index >= 15 is 0 Å². The van der Waals surface area contributed by atoms with Gasteiger partial charge < -0.3 is 0 Å². The van der Waals surface area contributed by atoms with Crippen molar-refractivity contribution >= 4 is 50.7 Å². The Kier molecular flexibility index (Phi) is 5.02. The molecular weight excluding hydrogens is 408 g/mol. The van der Waals surface area contributed by atoms with Gasteiger partial charge >= 0.3 is 0 Å². The smallest absolute Gasteiger partial charge is 0.267 e. The third-order valence-corrected chi connectivity index (χ3v) is 5.24. The van der Waals surface area contributed by atoms with E-state index in [0.29, 0.717) is 17.0 Å². The summed E-state index contributed by atoms with van der Waals surface area (Å²) in [5.41, 5.74) is 1.07. The first-order valence-electron chi connectivity index (χ1n) is 7.76. The number of anilines is 1. The van der Waals surface area contributed by atoms with Crippen molar-refractivity contribution in [2.75, 3.05) is 5.01 Å². The van der Waals surface area contributed by atoms with Crippen LogP contribution in [0, 0.1) is 10.1 Å². The van der Waals surface area contributed by atoms with Gasteiger partial charge in [0.2, 0.25) is 10.0 Å². The number of hydrazone groups is 1. The zero-order valence-corrected chi connectivity index (χ0v) is 15.9. The molecule has 0 unspecified atom stereocenters. The average Bonchev–Trinajstić information content (AvgIpc) is 2.90. The van der Waals surface area contributed by atoms with E-state index in [9.17, 15) is 23.3 Å². The van der Waals surface area contributed by atoms with Gasteiger partial charge in [0.1, 0.15) is 0 Å². The van der Waals surface area contributed by atoms with E-state index in [1.54, 1.807) is 6.92 Å². The Morgan fingerprint density at radius 1 is 1.21 bits per heavy atom. The van der Waals surface area contributed by atoms with Crippen molar-refractivity contribution in [3.8, 4) is 0 Å². The van der Waals surface area contributed by atoms with Gasteiger partial charge in [0.05, 0.1) is 26.8 Å². The normalized spacial score (nSPS) is 15.8. The topological polar surface area (TPSA) is 136 Å². The van der Waals surface area contributed by atoms with Crippen LogP contribution in [0.15, 0.2) is 58.0 Å². The summed E-state index contributed by atoms with van der Waals surface area (Å²) in [5.74, 6) is -0.483. The molecule has 2 N–H and O–H groups in total. The van der Waals surface area contributed by atoms with E-state index in [1.165, 1.54) is 48.5 Å². The second-order valence-electron chi connectivity index (χ2n) is 5.86. The quantitative estimate of drug-likeness (QED) is 0.460. The summed E-state index contributed by atoms with van der Waals surface area (Å²) < 4.78 is 22.7. The fourth-order valence-electron chi connectivity index (χ4n) is 2.55. The third kappa shape index (κ3) is 3.79. The van der Waals surface area contributed by atoms with Crippen LogP contribution in [0.3, 0.4) is 0 Å². The van der Waals surface area contributed by atoms with Gasteiger partial charge in [-0.15, -0.1) is 0 Å². The molecule has 1 heterocycles. The Balaban J connectivity index is 1.96. The van der Waals surface area contributed by atoms with Crippen LogP contribution in [-0.4, -0.2) is 25.0 Å². The van der Waals surface area contributed by atoms with E-state index in [-0.39, 0.29) is 21.2 Å². The number of hydrogen-bond acceptors (Lipinski definition) is 6. The van der Waals surface area contributed by atoms with Crippen LogP contribution in [0.1, 0.15) is 12.5 Å². The number of rotatable bonds is 4. The molecule has 0 aliphatic carbocycles. The molecule has 1 aliphatic heterocycles. The van der Waals surface area contributed by atoms with Crippen molar-refractivity contribution in [3.05, 3.63) is 68.7 Å². The summed E-state index contributed by atoms with van der Waals surface area (Å²) >= 11 is 6.09. The largest absolute Gasteiger partial charge is 0.280 e. The van der Waals surface area contributed by atoms with Crippen LogP contribution in [-0.2, 0) is 14.8 Å². The van der Waals surface area contributed by atoms with Crippen molar-refractivity contribution in [1.29, 1.82) is 0 Å². The molecule has 2 aromatic rings. The number of halogens is 1. The maximum absolute atomic E-state index is 12.8. The number of carbonyl (C=O) groups is 1. The molecule has 2 aromatic carbocycles. The standard InChI is InChI=1S/C17H13ClN4O5S/c1-10-15(9-11-8-13(22(24)25)4-7-16(11)18)17(23)21(20-10)12-2-5-14(6-3-12)28(19,26)27/h2-9H,1H3,(H2,19,26,27)/b15-9-. The SMILES string of the molecule is CC1=NN(c2ccc(S(N)(=O)=O)cc2)C(=O)/C1=C\c1cc([N+](=O)[O-])ccc1Cl. The molecule has 144 valence electrons.